The molecule has 576 valence electrons. The summed E-state index contributed by atoms with van der Waals surface area (Å²) < 4.78 is 5.68. The van der Waals surface area contributed by atoms with Crippen LogP contribution in [0.25, 0.3) is 0 Å². The lowest BCUT2D eigenvalue weighted by Gasteiger charge is -2.38. The van der Waals surface area contributed by atoms with E-state index in [0.717, 1.165) is 31.6 Å². The number of likely N-dealkylation sites (tertiary alicyclic amines) is 1. The quantitative estimate of drug-likeness (QED) is 0.0972. The molecule has 2 aliphatic rings. The van der Waals surface area contributed by atoms with E-state index in [1.54, 1.807) is 36.1 Å². The lowest BCUT2D eigenvalue weighted by Crippen LogP contribution is -2.62. The van der Waals surface area contributed by atoms with E-state index in [0.29, 0.717) is 42.9 Å². The number of amides is 12. The van der Waals surface area contributed by atoms with Gasteiger partial charge in [0, 0.05) is 73.4 Å². The Morgan fingerprint density at radius 3 is 1.62 bits per heavy atom. The molecule has 2 heterocycles. The molecular weight excluding hydrogens is 1340 g/mol. The van der Waals surface area contributed by atoms with Gasteiger partial charge in [0.15, 0.2) is 0 Å². The van der Waals surface area contributed by atoms with Crippen LogP contribution in [0.4, 0.5) is 0 Å². The van der Waals surface area contributed by atoms with Gasteiger partial charge in [0.25, 0.3) is 0 Å². The third kappa shape index (κ3) is 26.1. The van der Waals surface area contributed by atoms with Gasteiger partial charge in [-0.3, -0.25) is 57.5 Å². The zero-order chi connectivity index (χ0) is 77.3. The van der Waals surface area contributed by atoms with Crippen molar-refractivity contribution in [1.82, 2.24) is 60.5 Å². The Morgan fingerprint density at radius 2 is 1.06 bits per heavy atom. The lowest BCUT2D eigenvalue weighted by molar-refractivity contribution is -0.152. The number of carbonyl (C=O) groups excluding carboxylic acids is 12. The first kappa shape index (κ1) is 87.7. The molecule has 2 fully saturated rings. The summed E-state index contributed by atoms with van der Waals surface area (Å²) in [4.78, 5) is 190. The molecule has 11 atom stereocenters. The number of aliphatic hydroxyl groups excluding tert-OH is 2. The molecular formula is C75H119ClN12O15. The van der Waals surface area contributed by atoms with Crippen LogP contribution in [-0.4, -0.2) is 275 Å². The minimum Gasteiger partial charge on any atom is -0.394 e. The van der Waals surface area contributed by atoms with Crippen LogP contribution in [0.2, 0.25) is 5.02 Å². The van der Waals surface area contributed by atoms with E-state index in [9.17, 15) is 39.0 Å². The third-order valence-corrected chi connectivity index (χ3v) is 19.4. The summed E-state index contributed by atoms with van der Waals surface area (Å²) in [7, 11) is 8.32. The van der Waals surface area contributed by atoms with Gasteiger partial charge in [0.1, 0.15) is 60.4 Å². The van der Waals surface area contributed by atoms with Gasteiger partial charge in [-0.15, -0.1) is 0 Å². The molecule has 0 unspecified atom stereocenters. The summed E-state index contributed by atoms with van der Waals surface area (Å²) in [5.74, 6) is -10.0. The highest BCUT2D eigenvalue weighted by Crippen LogP contribution is 2.25. The summed E-state index contributed by atoms with van der Waals surface area (Å²) in [6.07, 6.45) is 0.576. The lowest BCUT2D eigenvalue weighted by atomic mass is 9.96. The minimum atomic E-state index is -1.67. The molecule has 0 aromatic heterocycles. The highest BCUT2D eigenvalue weighted by atomic mass is 35.5. The Kier molecular flexibility index (Phi) is 36.0. The molecule has 2 aromatic carbocycles. The second kappa shape index (κ2) is 42.3. The number of aliphatic hydroxyl groups is 2. The molecule has 4 rings (SSSR count). The largest absolute Gasteiger partial charge is 0.394 e. The Labute approximate surface area is 615 Å². The fraction of sp³-hybridized carbons (Fsp3) is 0.680. The van der Waals surface area contributed by atoms with E-state index in [1.807, 2.05) is 85.7 Å². The van der Waals surface area contributed by atoms with Gasteiger partial charge in [-0.1, -0.05) is 116 Å². The number of hydrogen-bond acceptors (Lipinski definition) is 15. The van der Waals surface area contributed by atoms with Gasteiger partial charge in [-0.05, 0) is 125 Å². The summed E-state index contributed by atoms with van der Waals surface area (Å²) in [6.45, 7) is 17.9. The standard InChI is InChI=1S/C75H119ClN12O15/c1-18-32-88-44-64(92)82(13)59(38-47(4)5)67(94)78-56(72(99)87-33-23-20-24-34-87)43-63(91)81(12)50(10)66(93)79-57(45-103-36-35-89)71(98)86(17)62(40-49(8)9)74(101)85(16)61(42-53-28-25-29-54(76)41-53)68(95)77-55(37-46(2)3)70(97)83(14)58(31-30-52-26-21-19-22-27-52)73(100)84(15)60(39-48(6)7)69(96)80-65(51(11)90)75(88)102/h19,21-22,25-29,41,46-51,55-62,65,89-90H,18,20,23-24,30-40,42-45H2,1-17H3,(H,77,95)(H,78,94)(H,79,93)(H,80,96)/t50-,51+,55-,56-,57-,58-,59-,60-,61-,62-,65-/m0/s1. The van der Waals surface area contributed by atoms with Crippen LogP contribution in [0.15, 0.2) is 54.6 Å². The van der Waals surface area contributed by atoms with Crippen LogP contribution in [0.1, 0.15) is 151 Å². The normalized spacial score (nSPS) is 24.7. The molecule has 0 radical (unpaired) electrons. The summed E-state index contributed by atoms with van der Waals surface area (Å²) in [6, 6.07) is 1.88. The summed E-state index contributed by atoms with van der Waals surface area (Å²) in [5.41, 5.74) is 1.36. The van der Waals surface area contributed by atoms with Crippen molar-refractivity contribution in [2.75, 3.05) is 88.3 Å². The Hall–Kier alpha value is -7.75. The number of nitrogens with one attached hydrogen (secondary N) is 4. The number of ether oxygens (including phenoxy) is 1. The second-order valence-corrected chi connectivity index (χ2v) is 29.9. The number of aryl methyl sites for hydroxylation is 1. The maximum Gasteiger partial charge on any atom is 0.248 e. The van der Waals surface area contributed by atoms with Crippen molar-refractivity contribution in [3.8, 4) is 0 Å². The van der Waals surface area contributed by atoms with E-state index in [2.05, 4.69) is 21.3 Å². The van der Waals surface area contributed by atoms with Crippen molar-refractivity contribution < 1.29 is 72.5 Å². The average molecular weight is 1460 g/mol. The number of piperidine rings is 1. The minimum absolute atomic E-state index is 0.0278. The molecule has 27 nitrogen and oxygen atoms in total. The number of hydrogen-bond donors (Lipinski definition) is 6. The Balaban J connectivity index is 2.01. The van der Waals surface area contributed by atoms with Gasteiger partial charge in [0.2, 0.25) is 70.9 Å². The summed E-state index contributed by atoms with van der Waals surface area (Å²) >= 11 is 6.53. The van der Waals surface area contributed by atoms with E-state index in [1.165, 1.54) is 70.8 Å². The zero-order valence-corrected chi connectivity index (χ0v) is 64.7. The smallest absolute Gasteiger partial charge is 0.248 e. The molecule has 28 heteroatoms. The highest BCUT2D eigenvalue weighted by molar-refractivity contribution is 6.30. The van der Waals surface area contributed by atoms with Crippen molar-refractivity contribution >= 4 is 82.5 Å². The first-order chi connectivity index (χ1) is 48.4. The molecule has 2 aliphatic heterocycles. The third-order valence-electron chi connectivity index (χ3n) is 19.2. The maximum absolute atomic E-state index is 15.6. The molecule has 2 saturated heterocycles. The van der Waals surface area contributed by atoms with E-state index in [-0.39, 0.29) is 81.8 Å². The van der Waals surface area contributed by atoms with Crippen molar-refractivity contribution in [2.45, 2.75) is 220 Å². The van der Waals surface area contributed by atoms with E-state index >= 15 is 28.8 Å². The van der Waals surface area contributed by atoms with Crippen LogP contribution in [0, 0.1) is 23.7 Å². The molecule has 2 aromatic rings. The number of carbonyl (C=O) groups is 12. The Morgan fingerprint density at radius 1 is 0.553 bits per heavy atom. The van der Waals surface area contributed by atoms with Crippen molar-refractivity contribution in [3.05, 3.63) is 70.7 Å². The van der Waals surface area contributed by atoms with Crippen LogP contribution < -0.4 is 21.3 Å². The second-order valence-electron chi connectivity index (χ2n) is 29.5. The highest BCUT2D eigenvalue weighted by Gasteiger charge is 2.44. The SMILES string of the molecule is CCCN1CC(=O)N(C)[C@@H](CC(C)C)C(=O)N[C@H](C(=O)N2CCCCC2)CC(=O)N(C)[C@@H](C)C(=O)N[C@@H](COCCO)C(=O)N(C)[C@@H](CC(C)C)C(=O)N(C)[C@@H](Cc2cccc(Cl)c2)C(=O)N[C@@H](CC(C)C)C(=O)N(C)[C@@H](CCc2ccccc2)C(=O)N(C)[C@@H](CC(C)C)C(=O)N[C@@H]([C@@H](C)O)C1=O. The van der Waals surface area contributed by atoms with E-state index < -0.39 is 164 Å². The number of benzene rings is 2. The van der Waals surface area contributed by atoms with Crippen molar-refractivity contribution in [3.63, 3.8) is 0 Å². The fourth-order valence-corrected chi connectivity index (χ4v) is 13.2. The van der Waals surface area contributed by atoms with Crippen LogP contribution in [-0.2, 0) is 75.1 Å². The molecule has 0 bridgehead atoms. The number of rotatable bonds is 21. The predicted molar refractivity (Wildman–Crippen MR) is 392 cm³/mol. The zero-order valence-electron chi connectivity index (χ0n) is 63.9. The molecule has 6 N–H and O–H groups in total. The predicted octanol–water partition coefficient (Wildman–Crippen LogP) is 3.67. The number of likely N-dealkylation sites (N-methyl/N-ethyl adjacent to an activating group) is 6. The first-order valence-electron chi connectivity index (χ1n) is 36.5. The van der Waals surface area contributed by atoms with Gasteiger partial charge < -0.3 is 75.4 Å². The fourth-order valence-electron chi connectivity index (χ4n) is 13.0. The van der Waals surface area contributed by atoms with E-state index in [4.69, 9.17) is 16.3 Å². The monoisotopic (exact) mass is 1460 g/mol. The van der Waals surface area contributed by atoms with Crippen LogP contribution in [0.3, 0.4) is 0 Å². The molecule has 0 spiro atoms. The topological polar surface area (TPSA) is 329 Å². The summed E-state index contributed by atoms with van der Waals surface area (Å²) in [5, 5.41) is 32.7. The van der Waals surface area contributed by atoms with Gasteiger partial charge in [0.05, 0.1) is 38.9 Å². The van der Waals surface area contributed by atoms with Gasteiger partial charge >= 0.3 is 0 Å². The van der Waals surface area contributed by atoms with Gasteiger partial charge in [-0.2, -0.15) is 0 Å². The van der Waals surface area contributed by atoms with Gasteiger partial charge in [-0.25, -0.2) is 0 Å². The molecule has 103 heavy (non-hydrogen) atoms. The number of halogens is 1. The van der Waals surface area contributed by atoms with Crippen molar-refractivity contribution in [1.29, 1.82) is 0 Å². The molecule has 0 aliphatic carbocycles. The van der Waals surface area contributed by atoms with Crippen molar-refractivity contribution in [2.24, 2.45) is 23.7 Å². The van der Waals surface area contributed by atoms with Crippen LogP contribution >= 0.6 is 11.6 Å². The number of nitrogens with zero attached hydrogens (tertiary/aromatic N) is 8. The molecule has 0 saturated carbocycles. The average Bonchev–Trinajstić information content (AvgIpc) is 0.817. The van der Waals surface area contributed by atoms with Crippen LogP contribution in [0.5, 0.6) is 0 Å². The Bertz CT molecular complexity index is 3170. The molecule has 12 amide bonds. The first-order valence-corrected chi connectivity index (χ1v) is 36.9. The maximum atomic E-state index is 15.6.